The highest BCUT2D eigenvalue weighted by Gasteiger charge is 2.52. The summed E-state index contributed by atoms with van der Waals surface area (Å²) in [6, 6.07) is 1.85. The highest BCUT2D eigenvalue weighted by molar-refractivity contribution is 5.76. The lowest BCUT2D eigenvalue weighted by molar-refractivity contribution is -0.145. The second kappa shape index (κ2) is 7.38. The molecule has 2 saturated heterocycles. The number of esters is 1. The smallest absolute Gasteiger partial charge is 0.311 e. The Balaban J connectivity index is 1.27. The van der Waals surface area contributed by atoms with Crippen LogP contribution >= 0.6 is 0 Å². The van der Waals surface area contributed by atoms with Gasteiger partial charge in [0, 0.05) is 51.0 Å². The molecular weight excluding hydrogens is 364 g/mol. The van der Waals surface area contributed by atoms with Gasteiger partial charge in [-0.1, -0.05) is 31.9 Å². The lowest BCUT2D eigenvalue weighted by Gasteiger charge is -2.46. The summed E-state index contributed by atoms with van der Waals surface area (Å²) >= 11 is 0. The van der Waals surface area contributed by atoms with Crippen LogP contribution in [0.2, 0.25) is 0 Å². The van der Waals surface area contributed by atoms with Gasteiger partial charge in [0.1, 0.15) is 6.10 Å². The van der Waals surface area contributed by atoms with Crippen molar-refractivity contribution in [3.05, 3.63) is 30.1 Å². The van der Waals surface area contributed by atoms with Crippen molar-refractivity contribution < 1.29 is 9.53 Å². The normalized spacial score (nSPS) is 37.5. The van der Waals surface area contributed by atoms with Crippen LogP contribution in [0.3, 0.4) is 0 Å². The predicted molar refractivity (Wildman–Crippen MR) is 111 cm³/mol. The quantitative estimate of drug-likeness (QED) is 0.578. The maximum atomic E-state index is 12.8. The molecule has 3 fully saturated rings. The molecule has 1 saturated carbocycles. The van der Waals surface area contributed by atoms with Crippen molar-refractivity contribution in [1.82, 2.24) is 14.9 Å². The van der Waals surface area contributed by atoms with Crippen LogP contribution < -0.4 is 4.90 Å². The van der Waals surface area contributed by atoms with Crippen molar-refractivity contribution in [3.63, 3.8) is 0 Å². The number of fused-ring (bicyclic) bond motifs is 2. The van der Waals surface area contributed by atoms with Gasteiger partial charge in [0.15, 0.2) is 0 Å². The number of aromatic nitrogens is 2. The predicted octanol–water partition coefficient (Wildman–Crippen LogP) is 2.91. The Morgan fingerprint density at radius 1 is 1.21 bits per heavy atom. The largest absolute Gasteiger partial charge is 0.461 e. The molecule has 4 aliphatic rings. The molecule has 6 nitrogen and oxygen atoms in total. The molecule has 0 bridgehead atoms. The molecular formula is C23H32N4O2. The number of anilines is 1. The Labute approximate surface area is 173 Å². The van der Waals surface area contributed by atoms with E-state index in [0.717, 1.165) is 45.1 Å². The van der Waals surface area contributed by atoms with E-state index < -0.39 is 0 Å². The zero-order valence-corrected chi connectivity index (χ0v) is 17.6. The van der Waals surface area contributed by atoms with E-state index in [9.17, 15) is 4.79 Å². The molecule has 2 aliphatic heterocycles. The summed E-state index contributed by atoms with van der Waals surface area (Å²) in [4.78, 5) is 26.2. The highest BCUT2D eigenvalue weighted by atomic mass is 16.6. The van der Waals surface area contributed by atoms with Crippen LogP contribution in [0.15, 0.2) is 30.1 Å². The average molecular weight is 397 g/mol. The van der Waals surface area contributed by atoms with Crippen molar-refractivity contribution in [3.8, 4) is 0 Å². The van der Waals surface area contributed by atoms with Crippen LogP contribution in [-0.4, -0.2) is 59.7 Å². The summed E-state index contributed by atoms with van der Waals surface area (Å²) in [5.74, 6) is 1.68. The van der Waals surface area contributed by atoms with Crippen molar-refractivity contribution in [2.45, 2.75) is 45.6 Å². The van der Waals surface area contributed by atoms with Gasteiger partial charge in [0.25, 0.3) is 0 Å². The molecule has 2 aliphatic carbocycles. The van der Waals surface area contributed by atoms with Gasteiger partial charge in [-0.25, -0.2) is 9.97 Å². The van der Waals surface area contributed by atoms with Crippen LogP contribution in [0.5, 0.6) is 0 Å². The first-order chi connectivity index (χ1) is 14.0. The SMILES string of the molecule is C[C@H]1CCC[C@]2(C)C[C@H]3OC(=O)[C@H](CN4CCN(c5ncccn5)CC4)[C@H]3C=C12. The van der Waals surface area contributed by atoms with Gasteiger partial charge in [0.2, 0.25) is 5.95 Å². The summed E-state index contributed by atoms with van der Waals surface area (Å²) in [6.45, 7) is 9.22. The Hall–Kier alpha value is -1.95. The molecule has 0 radical (unpaired) electrons. The Morgan fingerprint density at radius 3 is 2.72 bits per heavy atom. The molecule has 3 heterocycles. The lowest BCUT2D eigenvalue weighted by Crippen LogP contribution is -2.49. The molecule has 1 aromatic rings. The molecule has 0 N–H and O–H groups in total. The van der Waals surface area contributed by atoms with Crippen LogP contribution in [-0.2, 0) is 9.53 Å². The number of hydrogen-bond donors (Lipinski definition) is 0. The fourth-order valence-corrected chi connectivity index (χ4v) is 6.12. The van der Waals surface area contributed by atoms with E-state index in [2.05, 4.69) is 39.7 Å². The fourth-order valence-electron chi connectivity index (χ4n) is 6.12. The molecule has 0 spiro atoms. The van der Waals surface area contributed by atoms with Gasteiger partial charge >= 0.3 is 5.97 Å². The topological polar surface area (TPSA) is 58.6 Å². The molecule has 6 heteroatoms. The number of hydrogen-bond acceptors (Lipinski definition) is 6. The summed E-state index contributed by atoms with van der Waals surface area (Å²) in [6.07, 6.45) is 10.9. The second-order valence-electron chi connectivity index (χ2n) is 9.68. The van der Waals surface area contributed by atoms with Crippen molar-refractivity contribution in [1.29, 1.82) is 0 Å². The molecule has 0 aromatic carbocycles. The van der Waals surface area contributed by atoms with E-state index in [0.29, 0.717) is 5.92 Å². The van der Waals surface area contributed by atoms with Crippen molar-refractivity contribution >= 4 is 11.9 Å². The fraction of sp³-hybridized carbons (Fsp3) is 0.696. The third-order valence-corrected chi connectivity index (χ3v) is 7.74. The minimum atomic E-state index is -0.0225. The third kappa shape index (κ3) is 3.45. The number of carbonyl (C=O) groups is 1. The average Bonchev–Trinajstić information content (AvgIpc) is 3.01. The monoisotopic (exact) mass is 396 g/mol. The Bertz CT molecular complexity index is 789. The number of rotatable bonds is 3. The minimum Gasteiger partial charge on any atom is -0.461 e. The molecule has 0 unspecified atom stereocenters. The van der Waals surface area contributed by atoms with E-state index >= 15 is 0 Å². The van der Waals surface area contributed by atoms with Gasteiger partial charge < -0.3 is 9.64 Å². The molecule has 0 amide bonds. The van der Waals surface area contributed by atoms with Crippen LogP contribution in [0.4, 0.5) is 5.95 Å². The van der Waals surface area contributed by atoms with Crippen LogP contribution in [0.1, 0.15) is 39.5 Å². The van der Waals surface area contributed by atoms with Gasteiger partial charge in [-0.15, -0.1) is 0 Å². The molecule has 5 rings (SSSR count). The molecule has 29 heavy (non-hydrogen) atoms. The highest BCUT2D eigenvalue weighted by Crippen LogP contribution is 2.54. The molecule has 5 atom stereocenters. The number of nitrogens with zero attached hydrogens (tertiary/aromatic N) is 4. The van der Waals surface area contributed by atoms with E-state index in [1.165, 1.54) is 19.3 Å². The molecule has 156 valence electrons. The summed E-state index contributed by atoms with van der Waals surface area (Å²) < 4.78 is 5.92. The van der Waals surface area contributed by atoms with Gasteiger partial charge in [0.05, 0.1) is 5.92 Å². The van der Waals surface area contributed by atoms with Crippen molar-refractivity contribution in [2.24, 2.45) is 23.2 Å². The number of carbonyl (C=O) groups excluding carboxylic acids is 1. The maximum absolute atomic E-state index is 12.8. The first kappa shape index (κ1) is 19.0. The molecule has 1 aromatic heterocycles. The standard InChI is InChI=1S/C23H32N4O2/c1-16-5-3-6-23(2)14-20-17(13-19(16)23)18(21(28)29-20)15-26-9-11-27(12-10-26)22-24-7-4-8-25-22/h4,7-8,13,16-18,20H,3,5-6,9-12,14-15H2,1-2H3/t16-,17+,18+,20+,23+/m0/s1. The third-order valence-electron chi connectivity index (χ3n) is 7.74. The van der Waals surface area contributed by atoms with Gasteiger partial charge in [-0.3, -0.25) is 9.69 Å². The van der Waals surface area contributed by atoms with E-state index in [1.54, 1.807) is 18.0 Å². The zero-order valence-electron chi connectivity index (χ0n) is 17.6. The first-order valence-corrected chi connectivity index (χ1v) is 11.2. The number of allylic oxidation sites excluding steroid dienone is 1. The summed E-state index contributed by atoms with van der Waals surface area (Å²) in [7, 11) is 0. The van der Waals surface area contributed by atoms with E-state index in [-0.39, 0.29) is 29.3 Å². The Kier molecular flexibility index (Phi) is 4.85. The first-order valence-electron chi connectivity index (χ1n) is 11.2. The van der Waals surface area contributed by atoms with Crippen LogP contribution in [0, 0.1) is 23.2 Å². The van der Waals surface area contributed by atoms with Crippen molar-refractivity contribution in [2.75, 3.05) is 37.6 Å². The van der Waals surface area contributed by atoms with Crippen LogP contribution in [0.25, 0.3) is 0 Å². The summed E-state index contributed by atoms with van der Waals surface area (Å²) in [5.41, 5.74) is 1.83. The van der Waals surface area contributed by atoms with E-state index in [4.69, 9.17) is 4.74 Å². The summed E-state index contributed by atoms with van der Waals surface area (Å²) in [5, 5.41) is 0. The maximum Gasteiger partial charge on any atom is 0.311 e. The van der Waals surface area contributed by atoms with Gasteiger partial charge in [-0.05, 0) is 36.7 Å². The van der Waals surface area contributed by atoms with E-state index in [1.807, 2.05) is 6.07 Å². The minimum absolute atomic E-state index is 0.0144. The lowest BCUT2D eigenvalue weighted by atomic mass is 9.59. The number of piperazine rings is 1. The second-order valence-corrected chi connectivity index (χ2v) is 9.68. The van der Waals surface area contributed by atoms with Gasteiger partial charge in [-0.2, -0.15) is 0 Å². The Morgan fingerprint density at radius 2 is 1.97 bits per heavy atom. The number of ether oxygens (including phenoxy) is 1. The zero-order chi connectivity index (χ0) is 20.0.